The van der Waals surface area contributed by atoms with E-state index in [9.17, 15) is 27.9 Å². The maximum Gasteiger partial charge on any atom is 0.419 e. The van der Waals surface area contributed by atoms with Crippen molar-refractivity contribution in [2.75, 3.05) is 13.1 Å². The zero-order valence-electron chi connectivity index (χ0n) is 22.5. The van der Waals surface area contributed by atoms with Crippen molar-refractivity contribution in [1.29, 1.82) is 0 Å². The molecule has 1 amide bonds. The van der Waals surface area contributed by atoms with Crippen LogP contribution in [0.15, 0.2) is 42.7 Å². The summed E-state index contributed by atoms with van der Waals surface area (Å²) < 4.78 is 61.8. The van der Waals surface area contributed by atoms with Gasteiger partial charge in [0.1, 0.15) is 17.7 Å². The lowest BCUT2D eigenvalue weighted by atomic mass is 9.97. The Kier molecular flexibility index (Phi) is 8.51. The van der Waals surface area contributed by atoms with Gasteiger partial charge in [0, 0.05) is 19.3 Å². The van der Waals surface area contributed by atoms with E-state index < -0.39 is 41.5 Å². The number of aliphatic carboxylic acids is 1. The van der Waals surface area contributed by atoms with Crippen molar-refractivity contribution in [3.63, 3.8) is 0 Å². The number of likely N-dealkylation sites (tertiary alicyclic amines) is 1. The van der Waals surface area contributed by atoms with Crippen molar-refractivity contribution in [1.82, 2.24) is 14.7 Å². The molecule has 0 unspecified atom stereocenters. The first-order chi connectivity index (χ1) is 18.9. The molecular weight excluding hydrogens is 530 g/mol. The zero-order chi connectivity index (χ0) is 29.2. The molecule has 1 saturated heterocycles. The van der Waals surface area contributed by atoms with Crippen molar-refractivity contribution in [2.45, 2.75) is 58.7 Å². The predicted molar refractivity (Wildman–Crippen MR) is 139 cm³/mol. The molecule has 214 valence electrons. The summed E-state index contributed by atoms with van der Waals surface area (Å²) in [7, 11) is 0. The highest BCUT2D eigenvalue weighted by Gasteiger charge is 2.33. The molecule has 1 N–H and O–H groups in total. The molecule has 0 saturated carbocycles. The van der Waals surface area contributed by atoms with E-state index in [1.807, 2.05) is 6.92 Å². The van der Waals surface area contributed by atoms with Crippen LogP contribution in [0.4, 0.5) is 17.6 Å². The van der Waals surface area contributed by atoms with E-state index in [2.05, 4.69) is 5.10 Å². The molecule has 3 aromatic rings. The first-order valence-electron chi connectivity index (χ1n) is 13.1. The highest BCUT2D eigenvalue weighted by Crippen LogP contribution is 2.33. The van der Waals surface area contributed by atoms with Crippen LogP contribution in [0.2, 0.25) is 0 Å². The Balaban J connectivity index is 1.55. The number of carboxylic acids is 1. The highest BCUT2D eigenvalue weighted by molar-refractivity contribution is 5.95. The number of alkyl halides is 3. The van der Waals surface area contributed by atoms with Gasteiger partial charge in [0.05, 0.1) is 28.9 Å². The van der Waals surface area contributed by atoms with Crippen LogP contribution < -0.4 is 4.74 Å². The molecule has 0 bridgehead atoms. The van der Waals surface area contributed by atoms with E-state index in [4.69, 9.17) is 4.74 Å². The molecule has 2 heterocycles. The van der Waals surface area contributed by atoms with Gasteiger partial charge in [-0.25, -0.2) is 9.07 Å². The Labute approximate surface area is 229 Å². The normalized spacial score (nSPS) is 16.6. The van der Waals surface area contributed by atoms with Crippen molar-refractivity contribution >= 4 is 11.9 Å². The minimum Gasteiger partial charge on any atom is -0.486 e. The van der Waals surface area contributed by atoms with Gasteiger partial charge in [0.2, 0.25) is 0 Å². The van der Waals surface area contributed by atoms with Gasteiger partial charge in [-0.3, -0.25) is 9.59 Å². The van der Waals surface area contributed by atoms with E-state index in [1.54, 1.807) is 32.0 Å². The topological polar surface area (TPSA) is 84.7 Å². The number of halogens is 4. The number of hydrogen-bond acceptors (Lipinski definition) is 4. The van der Waals surface area contributed by atoms with Gasteiger partial charge in [-0.1, -0.05) is 19.4 Å². The van der Waals surface area contributed by atoms with Crippen LogP contribution in [0.25, 0.3) is 5.69 Å². The third kappa shape index (κ3) is 6.29. The first-order valence-corrected chi connectivity index (χ1v) is 13.1. The Bertz CT molecular complexity index is 1380. The number of ether oxygens (including phenoxy) is 1. The molecule has 40 heavy (non-hydrogen) atoms. The quantitative estimate of drug-likeness (QED) is 0.317. The van der Waals surface area contributed by atoms with Crippen molar-refractivity contribution in [3.8, 4) is 11.4 Å². The lowest BCUT2D eigenvalue weighted by Gasteiger charge is -2.31. The number of carboxylic acid groups (broad SMARTS) is 1. The maximum absolute atomic E-state index is 15.2. The van der Waals surface area contributed by atoms with Gasteiger partial charge in [-0.05, 0) is 74.1 Å². The minimum absolute atomic E-state index is 0.0433. The van der Waals surface area contributed by atoms with E-state index >= 15 is 4.39 Å². The van der Waals surface area contributed by atoms with Crippen LogP contribution in [0.3, 0.4) is 0 Å². The van der Waals surface area contributed by atoms with E-state index in [0.717, 1.165) is 18.8 Å². The lowest BCUT2D eigenvalue weighted by molar-refractivity contribution is -0.143. The number of benzene rings is 2. The summed E-state index contributed by atoms with van der Waals surface area (Å²) in [6, 6.07) is 7.69. The smallest absolute Gasteiger partial charge is 0.419 e. The van der Waals surface area contributed by atoms with Crippen LogP contribution in [-0.2, 0) is 11.0 Å². The predicted octanol–water partition coefficient (Wildman–Crippen LogP) is 6.50. The monoisotopic (exact) mass is 561 g/mol. The Morgan fingerprint density at radius 3 is 2.45 bits per heavy atom. The number of piperidine rings is 1. The maximum atomic E-state index is 15.2. The summed E-state index contributed by atoms with van der Waals surface area (Å²) in [4.78, 5) is 25.7. The summed E-state index contributed by atoms with van der Waals surface area (Å²) in [5, 5.41) is 13.2. The van der Waals surface area contributed by atoms with Crippen LogP contribution >= 0.6 is 0 Å². The van der Waals surface area contributed by atoms with Crippen LogP contribution in [-0.4, -0.2) is 44.8 Å². The number of aryl methyl sites for hydroxylation is 2. The van der Waals surface area contributed by atoms with Crippen LogP contribution in [0, 0.1) is 25.6 Å². The Morgan fingerprint density at radius 2 is 1.88 bits per heavy atom. The highest BCUT2D eigenvalue weighted by atomic mass is 19.4. The zero-order valence-corrected chi connectivity index (χ0v) is 22.5. The summed E-state index contributed by atoms with van der Waals surface area (Å²) in [6.45, 7) is 5.86. The van der Waals surface area contributed by atoms with Crippen molar-refractivity contribution in [3.05, 3.63) is 76.4 Å². The number of nitrogens with zero attached hydrogens (tertiary/aromatic N) is 3. The van der Waals surface area contributed by atoms with Crippen molar-refractivity contribution < 1.29 is 37.0 Å². The fourth-order valence-electron chi connectivity index (χ4n) is 5.10. The van der Waals surface area contributed by atoms with Gasteiger partial charge in [-0.15, -0.1) is 0 Å². The van der Waals surface area contributed by atoms with Crippen molar-refractivity contribution in [2.24, 2.45) is 5.92 Å². The Hall–Kier alpha value is -3.89. The number of carbonyl (C=O) groups is 2. The number of rotatable bonds is 8. The summed E-state index contributed by atoms with van der Waals surface area (Å²) in [6.07, 6.45) is -1.04. The van der Waals surface area contributed by atoms with Gasteiger partial charge in [0.25, 0.3) is 5.91 Å². The minimum atomic E-state index is -4.50. The van der Waals surface area contributed by atoms with Crippen LogP contribution in [0.5, 0.6) is 5.75 Å². The summed E-state index contributed by atoms with van der Waals surface area (Å²) >= 11 is 0. The number of amides is 1. The second-order valence-electron chi connectivity index (χ2n) is 10.1. The molecule has 0 spiro atoms. The van der Waals surface area contributed by atoms with E-state index in [-0.39, 0.29) is 12.1 Å². The SMILES string of the molecule is CCC[C@H](Oc1cc(C)c(-n2cc(C(F)(F)F)cn2)c(C)c1)c1ccc(C(=O)N2CCC[C@@H](C(=O)O)C2)c(F)c1. The third-order valence-electron chi connectivity index (χ3n) is 7.09. The standard InChI is InChI=1S/C29H31F4N3O4/c1-4-6-25(19-8-9-23(24(30)13-19)27(37)35-10-5-7-20(15-35)28(38)39)40-22-11-17(2)26(18(3)12-22)36-16-21(14-34-36)29(31,32)33/h8-9,11-14,16,20,25H,4-7,10,15H2,1-3H3,(H,38,39)/t20-,25+/m1/s1. The molecule has 2 aromatic carbocycles. The van der Waals surface area contributed by atoms with Crippen LogP contribution in [0.1, 0.15) is 71.3 Å². The molecule has 1 aliphatic rings. The fraction of sp³-hybridized carbons (Fsp3) is 0.414. The van der Waals surface area contributed by atoms with Gasteiger partial charge in [0.15, 0.2) is 0 Å². The number of aromatic nitrogens is 2. The largest absolute Gasteiger partial charge is 0.486 e. The molecule has 4 rings (SSSR count). The Morgan fingerprint density at radius 1 is 1.18 bits per heavy atom. The molecule has 0 radical (unpaired) electrons. The molecule has 1 aromatic heterocycles. The average Bonchev–Trinajstić information content (AvgIpc) is 3.38. The van der Waals surface area contributed by atoms with E-state index in [0.29, 0.717) is 53.9 Å². The second-order valence-corrected chi connectivity index (χ2v) is 10.1. The molecule has 1 fully saturated rings. The summed E-state index contributed by atoms with van der Waals surface area (Å²) in [5.41, 5.74) is 1.36. The molecule has 7 nitrogen and oxygen atoms in total. The first kappa shape index (κ1) is 29.1. The molecule has 1 aliphatic heterocycles. The van der Waals surface area contributed by atoms with Gasteiger partial charge >= 0.3 is 12.1 Å². The lowest BCUT2D eigenvalue weighted by Crippen LogP contribution is -2.42. The molecule has 11 heteroatoms. The molecule has 0 aliphatic carbocycles. The van der Waals surface area contributed by atoms with Gasteiger partial charge < -0.3 is 14.7 Å². The number of hydrogen-bond donors (Lipinski definition) is 1. The number of carbonyl (C=O) groups excluding carboxylic acids is 1. The summed E-state index contributed by atoms with van der Waals surface area (Å²) in [5.74, 6) is -2.43. The molecule has 2 atom stereocenters. The van der Waals surface area contributed by atoms with E-state index in [1.165, 1.54) is 21.7 Å². The second kappa shape index (κ2) is 11.7. The third-order valence-corrected chi connectivity index (χ3v) is 7.09. The van der Waals surface area contributed by atoms with Gasteiger partial charge in [-0.2, -0.15) is 18.3 Å². The molecular formula is C29H31F4N3O4. The average molecular weight is 562 g/mol. The fourth-order valence-corrected chi connectivity index (χ4v) is 5.10.